The first-order valence-corrected chi connectivity index (χ1v) is 7.72. The summed E-state index contributed by atoms with van der Waals surface area (Å²) in [5.74, 6) is 1.18. The average Bonchev–Trinajstić information content (AvgIpc) is 2.46. The molecule has 1 atom stereocenters. The van der Waals surface area contributed by atoms with Crippen molar-refractivity contribution in [2.75, 3.05) is 0 Å². The third-order valence-corrected chi connectivity index (χ3v) is 4.11. The van der Waals surface area contributed by atoms with E-state index >= 15 is 0 Å². The van der Waals surface area contributed by atoms with Gasteiger partial charge in [-0.1, -0.05) is 59.7 Å². The first-order valence-electron chi connectivity index (χ1n) is 7.72. The molecule has 0 aliphatic carbocycles. The van der Waals surface area contributed by atoms with Crippen LogP contribution in [-0.2, 0) is 5.41 Å². The van der Waals surface area contributed by atoms with Crippen molar-refractivity contribution in [2.24, 2.45) is 5.92 Å². The minimum atomic E-state index is 0.0197. The van der Waals surface area contributed by atoms with Gasteiger partial charge >= 0.3 is 0 Å². The van der Waals surface area contributed by atoms with Gasteiger partial charge in [0, 0.05) is 17.2 Å². The van der Waals surface area contributed by atoms with Crippen molar-refractivity contribution < 1.29 is 0 Å². The van der Waals surface area contributed by atoms with Gasteiger partial charge in [0.15, 0.2) is 0 Å². The molecule has 0 saturated carbocycles. The Morgan fingerprint density at radius 1 is 1.00 bits per heavy atom. The second-order valence-corrected chi connectivity index (χ2v) is 7.20. The lowest BCUT2D eigenvalue weighted by Gasteiger charge is -2.19. The van der Waals surface area contributed by atoms with Crippen LogP contribution in [0.3, 0.4) is 0 Å². The molecule has 1 aromatic heterocycles. The smallest absolute Gasteiger partial charge is 0.0888 e. The summed E-state index contributed by atoms with van der Waals surface area (Å²) in [6.45, 7) is 13.3. The third kappa shape index (κ3) is 3.69. The normalized spacial score (nSPS) is 13.5. The second-order valence-electron chi connectivity index (χ2n) is 7.20. The van der Waals surface area contributed by atoms with Crippen molar-refractivity contribution in [1.82, 2.24) is 9.97 Å². The molecule has 0 amide bonds. The fourth-order valence-corrected chi connectivity index (χ4v) is 2.23. The summed E-state index contributed by atoms with van der Waals surface area (Å²) >= 11 is 0. The van der Waals surface area contributed by atoms with E-state index in [1.165, 1.54) is 5.56 Å². The van der Waals surface area contributed by atoms with E-state index in [4.69, 9.17) is 4.98 Å². The van der Waals surface area contributed by atoms with Gasteiger partial charge in [-0.3, -0.25) is 4.98 Å². The highest BCUT2D eigenvalue weighted by Gasteiger charge is 2.17. The molecular weight excluding hydrogens is 256 g/mol. The minimum absolute atomic E-state index is 0.0197. The summed E-state index contributed by atoms with van der Waals surface area (Å²) in [5.41, 5.74) is 4.53. The SMILES string of the molecule is CC(C)C(C)c1cccc(-c2cncc(C(C)(C)C)n2)c1. The molecule has 1 aromatic carbocycles. The molecule has 0 fully saturated rings. The summed E-state index contributed by atoms with van der Waals surface area (Å²) in [6.07, 6.45) is 3.72. The molecule has 0 bridgehead atoms. The summed E-state index contributed by atoms with van der Waals surface area (Å²) in [7, 11) is 0. The Kier molecular flexibility index (Phi) is 4.46. The van der Waals surface area contributed by atoms with E-state index < -0.39 is 0 Å². The van der Waals surface area contributed by atoms with E-state index in [-0.39, 0.29) is 5.41 Å². The number of benzene rings is 1. The van der Waals surface area contributed by atoms with Crippen LogP contribution in [0.4, 0.5) is 0 Å². The average molecular weight is 282 g/mol. The van der Waals surface area contributed by atoms with Crippen LogP contribution >= 0.6 is 0 Å². The maximum atomic E-state index is 4.80. The molecule has 0 spiro atoms. The maximum Gasteiger partial charge on any atom is 0.0888 e. The molecule has 2 aromatic rings. The van der Waals surface area contributed by atoms with Crippen LogP contribution in [0.2, 0.25) is 0 Å². The molecular formula is C19H26N2. The third-order valence-electron chi connectivity index (χ3n) is 4.11. The number of aromatic nitrogens is 2. The standard InChI is InChI=1S/C19H26N2/c1-13(2)14(3)15-8-7-9-16(10-15)17-11-20-12-18(21-17)19(4,5)6/h7-14H,1-6H3. The Hall–Kier alpha value is -1.70. The Morgan fingerprint density at radius 2 is 1.71 bits per heavy atom. The van der Waals surface area contributed by atoms with Crippen molar-refractivity contribution in [2.45, 2.75) is 52.9 Å². The molecule has 1 unspecified atom stereocenters. The van der Waals surface area contributed by atoms with Crippen molar-refractivity contribution in [3.05, 3.63) is 47.9 Å². The Balaban J connectivity index is 2.41. The molecule has 0 aliphatic rings. The van der Waals surface area contributed by atoms with Gasteiger partial charge in [0.2, 0.25) is 0 Å². The predicted octanol–water partition coefficient (Wildman–Crippen LogP) is 5.20. The topological polar surface area (TPSA) is 25.8 Å². The molecule has 2 rings (SSSR count). The molecule has 112 valence electrons. The van der Waals surface area contributed by atoms with Crippen LogP contribution in [0, 0.1) is 5.92 Å². The van der Waals surface area contributed by atoms with E-state index in [0.29, 0.717) is 11.8 Å². The fraction of sp³-hybridized carbons (Fsp3) is 0.474. The van der Waals surface area contributed by atoms with Crippen LogP contribution in [-0.4, -0.2) is 9.97 Å². The van der Waals surface area contributed by atoms with Crippen molar-refractivity contribution in [1.29, 1.82) is 0 Å². The quantitative estimate of drug-likeness (QED) is 0.773. The molecule has 0 saturated heterocycles. The predicted molar refractivity (Wildman–Crippen MR) is 89.4 cm³/mol. The van der Waals surface area contributed by atoms with Gasteiger partial charge < -0.3 is 0 Å². The van der Waals surface area contributed by atoms with Gasteiger partial charge in [-0.05, 0) is 23.5 Å². The van der Waals surface area contributed by atoms with E-state index in [9.17, 15) is 0 Å². The van der Waals surface area contributed by atoms with Crippen molar-refractivity contribution in [3.8, 4) is 11.3 Å². The van der Waals surface area contributed by atoms with Gasteiger partial charge in [0.05, 0.1) is 17.6 Å². The molecule has 2 nitrogen and oxygen atoms in total. The van der Waals surface area contributed by atoms with E-state index in [2.05, 4.69) is 70.8 Å². The van der Waals surface area contributed by atoms with Crippen molar-refractivity contribution >= 4 is 0 Å². The first-order chi connectivity index (χ1) is 9.79. The summed E-state index contributed by atoms with van der Waals surface area (Å²) in [6, 6.07) is 8.69. The molecule has 0 aliphatic heterocycles. The lowest BCUT2D eigenvalue weighted by atomic mass is 9.89. The number of nitrogens with zero attached hydrogens (tertiary/aromatic N) is 2. The Bertz CT molecular complexity index is 609. The molecule has 2 heteroatoms. The largest absolute Gasteiger partial charge is 0.261 e. The van der Waals surface area contributed by atoms with Crippen LogP contribution in [0.15, 0.2) is 36.7 Å². The highest BCUT2D eigenvalue weighted by Crippen LogP contribution is 2.28. The number of hydrogen-bond donors (Lipinski definition) is 0. The van der Waals surface area contributed by atoms with Gasteiger partial charge in [0.1, 0.15) is 0 Å². The van der Waals surface area contributed by atoms with Gasteiger partial charge in [-0.2, -0.15) is 0 Å². The monoisotopic (exact) mass is 282 g/mol. The lowest BCUT2D eigenvalue weighted by Crippen LogP contribution is -2.14. The Labute approximate surface area is 128 Å². The molecule has 0 radical (unpaired) electrons. The molecule has 1 heterocycles. The lowest BCUT2D eigenvalue weighted by molar-refractivity contribution is 0.535. The van der Waals surface area contributed by atoms with E-state index in [1.807, 2.05) is 12.4 Å². The van der Waals surface area contributed by atoms with Gasteiger partial charge in [-0.25, -0.2) is 4.98 Å². The maximum absolute atomic E-state index is 4.80. The first kappa shape index (κ1) is 15.7. The molecule has 21 heavy (non-hydrogen) atoms. The van der Waals surface area contributed by atoms with Crippen LogP contribution in [0.25, 0.3) is 11.3 Å². The Morgan fingerprint density at radius 3 is 2.33 bits per heavy atom. The van der Waals surface area contributed by atoms with Crippen LogP contribution in [0.1, 0.15) is 58.7 Å². The highest BCUT2D eigenvalue weighted by atomic mass is 14.8. The van der Waals surface area contributed by atoms with E-state index in [0.717, 1.165) is 17.0 Å². The second kappa shape index (κ2) is 5.97. The zero-order chi connectivity index (χ0) is 15.6. The van der Waals surface area contributed by atoms with Gasteiger partial charge in [-0.15, -0.1) is 0 Å². The van der Waals surface area contributed by atoms with Gasteiger partial charge in [0.25, 0.3) is 0 Å². The van der Waals surface area contributed by atoms with Crippen molar-refractivity contribution in [3.63, 3.8) is 0 Å². The zero-order valence-corrected chi connectivity index (χ0v) is 14.0. The number of rotatable bonds is 3. The zero-order valence-electron chi connectivity index (χ0n) is 14.0. The summed E-state index contributed by atoms with van der Waals surface area (Å²) < 4.78 is 0. The van der Waals surface area contributed by atoms with Crippen LogP contribution in [0.5, 0.6) is 0 Å². The highest BCUT2D eigenvalue weighted by molar-refractivity contribution is 5.59. The fourth-order valence-electron chi connectivity index (χ4n) is 2.23. The van der Waals surface area contributed by atoms with E-state index in [1.54, 1.807) is 0 Å². The molecule has 0 N–H and O–H groups in total. The number of hydrogen-bond acceptors (Lipinski definition) is 2. The van der Waals surface area contributed by atoms with Crippen LogP contribution < -0.4 is 0 Å². The summed E-state index contributed by atoms with van der Waals surface area (Å²) in [4.78, 5) is 9.17. The summed E-state index contributed by atoms with van der Waals surface area (Å²) in [5, 5.41) is 0. The minimum Gasteiger partial charge on any atom is -0.261 e.